The normalized spacial score (nSPS) is 11.3. The molecule has 0 saturated heterocycles. The molecule has 6 heavy (non-hydrogen) atoms. The van der Waals surface area contributed by atoms with Gasteiger partial charge in [0, 0.05) is 0 Å². The van der Waals surface area contributed by atoms with Crippen molar-refractivity contribution in [1.82, 2.24) is 0 Å². The zero-order chi connectivity index (χ0) is 4.83. The molecule has 0 spiro atoms. The summed E-state index contributed by atoms with van der Waals surface area (Å²) in [5, 5.41) is 0. The van der Waals surface area contributed by atoms with Gasteiger partial charge >= 0.3 is 50.0 Å². The van der Waals surface area contributed by atoms with E-state index in [1.165, 1.54) is 0 Å². The van der Waals surface area contributed by atoms with Gasteiger partial charge in [-0.15, -0.1) is 0 Å². The van der Waals surface area contributed by atoms with Crippen molar-refractivity contribution in [2.24, 2.45) is 0 Å². The van der Waals surface area contributed by atoms with E-state index in [-0.39, 0.29) is 0 Å². The molecule has 0 unspecified atom stereocenters. The number of rotatable bonds is 1. The summed E-state index contributed by atoms with van der Waals surface area (Å²) in [7, 11) is 0. The fraction of sp³-hybridized carbons (Fsp3) is 0.200. The van der Waals surface area contributed by atoms with E-state index >= 15 is 0 Å². The molecule has 0 rings (SSSR count). The third-order valence-corrected chi connectivity index (χ3v) is 0.700. The minimum absolute atomic E-state index is 2.00. The topological polar surface area (TPSA) is 0 Å². The Kier molecular flexibility index (Phi) is 5.36. The Balaban J connectivity index is 3.07. The molecule has 0 fully saturated rings. The second kappa shape index (κ2) is 5.19. The second-order valence-corrected chi connectivity index (χ2v) is 1.41. The molecule has 0 aliphatic heterocycles. The Bertz CT molecular complexity index is 52.3. The molecule has 0 atom stereocenters. The summed E-state index contributed by atoms with van der Waals surface area (Å²) in [6.07, 6.45) is 6.00. The van der Waals surface area contributed by atoms with Crippen molar-refractivity contribution in [3.63, 3.8) is 0 Å². The van der Waals surface area contributed by atoms with Gasteiger partial charge in [0.2, 0.25) is 0 Å². The van der Waals surface area contributed by atoms with E-state index < -0.39 is 0 Å². The van der Waals surface area contributed by atoms with E-state index in [0.29, 0.717) is 0 Å². The van der Waals surface area contributed by atoms with Gasteiger partial charge in [0.05, 0.1) is 0 Å². The van der Waals surface area contributed by atoms with Crippen molar-refractivity contribution in [3.8, 4) is 0 Å². The molecule has 0 amide bonds. The maximum atomic E-state index is 2.00. The predicted molar refractivity (Wildman–Crippen MR) is 24.0 cm³/mol. The van der Waals surface area contributed by atoms with Crippen LogP contribution in [0.15, 0.2) is 22.6 Å². The monoisotopic (exact) mass is 115 g/mol. The van der Waals surface area contributed by atoms with Crippen LogP contribution in [0.4, 0.5) is 0 Å². The molecule has 31 valence electrons. The van der Waals surface area contributed by atoms with Gasteiger partial charge in [-0.3, -0.25) is 0 Å². The first-order valence-corrected chi connectivity index (χ1v) is 2.77. The predicted octanol–water partition coefficient (Wildman–Crippen LogP) is 1.62. The summed E-state index contributed by atoms with van der Waals surface area (Å²) in [5.74, 6) is 0. The van der Waals surface area contributed by atoms with Gasteiger partial charge in [0.1, 0.15) is 0 Å². The Hall–Kier alpha value is 0.194. The quantitative estimate of drug-likeness (QED) is 0.359. The molecule has 0 heterocycles. The number of hydrogen-bond donors (Lipinski definition) is 0. The summed E-state index contributed by atoms with van der Waals surface area (Å²) in [6, 6.07) is 0. The molecule has 0 aliphatic carbocycles. The van der Waals surface area contributed by atoms with Gasteiger partial charge in [0.15, 0.2) is 0 Å². The van der Waals surface area contributed by atoms with Gasteiger partial charge < -0.3 is 0 Å². The standard InChI is InChI=1S/C5H7.Ti/c1-3-5-4-2;/h1,3-5H,2H3;/b3-1?,5-4+;. The third kappa shape index (κ3) is 4.19. The van der Waals surface area contributed by atoms with Crippen molar-refractivity contribution < 1.29 is 20.4 Å². The van der Waals surface area contributed by atoms with Gasteiger partial charge in [0.25, 0.3) is 0 Å². The van der Waals surface area contributed by atoms with E-state index in [9.17, 15) is 0 Å². The van der Waals surface area contributed by atoms with Crippen LogP contribution in [-0.4, -0.2) is 0 Å². The Morgan fingerprint density at radius 2 is 2.00 bits per heavy atom. The summed E-state index contributed by atoms with van der Waals surface area (Å²) in [4.78, 5) is 0. The van der Waals surface area contributed by atoms with Crippen LogP contribution >= 0.6 is 0 Å². The molecule has 0 radical (unpaired) electrons. The third-order valence-electron chi connectivity index (χ3n) is 0.400. The van der Waals surface area contributed by atoms with Crippen LogP contribution in [0.25, 0.3) is 0 Å². The van der Waals surface area contributed by atoms with Gasteiger partial charge in [-0.05, 0) is 0 Å². The molecule has 0 aromatic rings. The van der Waals surface area contributed by atoms with E-state index in [1.54, 1.807) is 0 Å². The first kappa shape index (κ1) is 6.19. The van der Waals surface area contributed by atoms with Crippen LogP contribution in [0.2, 0.25) is 0 Å². The Labute approximate surface area is 50.3 Å². The number of hydrogen-bond acceptors (Lipinski definition) is 0. The van der Waals surface area contributed by atoms with Crippen LogP contribution in [0.1, 0.15) is 6.92 Å². The van der Waals surface area contributed by atoms with E-state index in [4.69, 9.17) is 0 Å². The van der Waals surface area contributed by atoms with E-state index in [0.717, 1.165) is 0 Å². The van der Waals surface area contributed by atoms with Crippen LogP contribution in [0.3, 0.4) is 0 Å². The first-order valence-electron chi connectivity index (χ1n) is 1.87. The summed E-state index contributed by atoms with van der Waals surface area (Å²) in [5.41, 5.74) is 0. The molecule has 0 N–H and O–H groups in total. The van der Waals surface area contributed by atoms with Crippen molar-refractivity contribution in [1.29, 1.82) is 0 Å². The molecule has 0 aromatic carbocycles. The minimum atomic E-state index is 2.00. The first-order chi connectivity index (χ1) is 2.91. The molecule has 0 bridgehead atoms. The van der Waals surface area contributed by atoms with Crippen LogP contribution < -0.4 is 0 Å². The summed E-state index contributed by atoms with van der Waals surface area (Å²) >= 11 is 2.00. The molecular weight excluding hydrogens is 108 g/mol. The van der Waals surface area contributed by atoms with Crippen LogP contribution in [-0.2, 0) is 20.4 Å². The van der Waals surface area contributed by atoms with Crippen molar-refractivity contribution in [2.75, 3.05) is 0 Å². The molecule has 0 aliphatic rings. The van der Waals surface area contributed by atoms with Gasteiger partial charge in [-0.1, -0.05) is 0 Å². The SMILES string of the molecule is C/C=C/C=[CH]/[Ti]. The van der Waals surface area contributed by atoms with Crippen molar-refractivity contribution in [3.05, 3.63) is 22.6 Å². The Morgan fingerprint density at radius 3 is 2.17 bits per heavy atom. The Morgan fingerprint density at radius 1 is 1.33 bits per heavy atom. The fourth-order valence-electron chi connectivity index (χ4n) is 0.167. The van der Waals surface area contributed by atoms with Crippen molar-refractivity contribution in [2.45, 2.75) is 6.92 Å². The van der Waals surface area contributed by atoms with Crippen molar-refractivity contribution >= 4 is 0 Å². The maximum absolute atomic E-state index is 2.00. The van der Waals surface area contributed by atoms with E-state index in [1.807, 2.05) is 50.0 Å². The molecule has 0 nitrogen and oxygen atoms in total. The average Bonchev–Trinajstić information content (AvgIpc) is 1.61. The zero-order valence-electron chi connectivity index (χ0n) is 3.81. The van der Waals surface area contributed by atoms with Gasteiger partial charge in [-0.25, -0.2) is 0 Å². The van der Waals surface area contributed by atoms with Crippen LogP contribution in [0, 0.1) is 0 Å². The molecule has 1 heteroatoms. The summed E-state index contributed by atoms with van der Waals surface area (Å²) in [6.45, 7) is 2.00. The van der Waals surface area contributed by atoms with E-state index in [2.05, 4.69) is 0 Å². The molecule has 0 aromatic heterocycles. The zero-order valence-corrected chi connectivity index (χ0v) is 5.37. The molecule has 0 saturated carbocycles. The average molecular weight is 115 g/mol. The van der Waals surface area contributed by atoms with Gasteiger partial charge in [-0.2, -0.15) is 0 Å². The number of allylic oxidation sites excluding steroid dienone is 3. The molecular formula is C5H7Ti. The summed E-state index contributed by atoms with van der Waals surface area (Å²) < 4.78 is 2.00. The second-order valence-electron chi connectivity index (χ2n) is 0.885. The van der Waals surface area contributed by atoms with Crippen LogP contribution in [0.5, 0.6) is 0 Å². The fourth-order valence-corrected chi connectivity index (χ4v) is 0.340.